The minimum absolute atomic E-state index is 0.00825. The van der Waals surface area contributed by atoms with Gasteiger partial charge in [-0.3, -0.25) is 14.3 Å². The molecule has 2 N–H and O–H groups in total. The standard InChI is InChI=1S/C35H41N2O8PS/c1-5-6-20-46(40,47)45-30-21-32(37-22-24(2)33(38)36-34(37)39)44-31(30)23-43-35(25-10-8-7-9-11-25,26-12-16-28(41-3)17-13-26)27-14-18-29(42-4)19-15-27/h7-19,22,30-32H,5-6,20-21,23H2,1-4H3,(H,40,47)(H,36,38,39)/t30-,31+,32+,46?/m0/s1. The topological polar surface area (TPSA) is 121 Å². The maximum Gasteiger partial charge on any atom is 0.330 e. The third-order valence-corrected chi connectivity index (χ3v) is 10.7. The first-order valence-corrected chi connectivity index (χ1v) is 18.4. The zero-order valence-corrected chi connectivity index (χ0v) is 28.7. The van der Waals surface area contributed by atoms with Crippen molar-refractivity contribution in [2.75, 3.05) is 27.0 Å². The largest absolute Gasteiger partial charge is 0.497 e. The average molecular weight is 681 g/mol. The van der Waals surface area contributed by atoms with Gasteiger partial charge in [0, 0.05) is 24.3 Å². The van der Waals surface area contributed by atoms with Crippen molar-refractivity contribution in [3.05, 3.63) is 128 Å². The van der Waals surface area contributed by atoms with Crippen molar-refractivity contribution in [2.24, 2.45) is 0 Å². The van der Waals surface area contributed by atoms with Gasteiger partial charge in [-0.05, 0) is 66.1 Å². The fraction of sp³-hybridized carbons (Fsp3) is 0.371. The lowest BCUT2D eigenvalue weighted by molar-refractivity contribution is -0.0915. The van der Waals surface area contributed by atoms with Crippen molar-refractivity contribution < 1.29 is 28.4 Å². The second-order valence-electron chi connectivity index (χ2n) is 11.5. The summed E-state index contributed by atoms with van der Waals surface area (Å²) in [6.45, 7) is 0.474. The molecule has 0 aliphatic carbocycles. The molecule has 1 aromatic heterocycles. The summed E-state index contributed by atoms with van der Waals surface area (Å²) in [5.74, 6) is 1.39. The molecule has 250 valence electrons. The highest BCUT2D eigenvalue weighted by molar-refractivity contribution is 8.09. The highest BCUT2D eigenvalue weighted by atomic mass is 32.5. The molecule has 12 heteroatoms. The van der Waals surface area contributed by atoms with Gasteiger partial charge in [0.2, 0.25) is 0 Å². The Labute approximate surface area is 279 Å². The van der Waals surface area contributed by atoms with Crippen LogP contribution < -0.4 is 20.7 Å². The third-order valence-electron chi connectivity index (χ3n) is 8.37. The van der Waals surface area contributed by atoms with Crippen LogP contribution in [0.25, 0.3) is 0 Å². The second kappa shape index (κ2) is 15.1. The average Bonchev–Trinajstić information content (AvgIpc) is 3.47. The van der Waals surface area contributed by atoms with E-state index in [2.05, 4.69) is 4.98 Å². The molecular formula is C35H41N2O8PS. The van der Waals surface area contributed by atoms with Crippen molar-refractivity contribution in [1.29, 1.82) is 0 Å². The number of aromatic amines is 1. The first-order valence-electron chi connectivity index (χ1n) is 15.6. The minimum atomic E-state index is -3.17. The summed E-state index contributed by atoms with van der Waals surface area (Å²) >= 11 is 5.56. The molecule has 4 atom stereocenters. The molecule has 47 heavy (non-hydrogen) atoms. The quantitative estimate of drug-likeness (QED) is 0.129. The maximum absolute atomic E-state index is 12.9. The van der Waals surface area contributed by atoms with Gasteiger partial charge in [-0.1, -0.05) is 67.9 Å². The number of aryl methyl sites for hydroxylation is 1. The van der Waals surface area contributed by atoms with Crippen LogP contribution in [-0.2, 0) is 31.4 Å². The Morgan fingerprint density at radius 3 is 2.09 bits per heavy atom. The third kappa shape index (κ3) is 7.78. The van der Waals surface area contributed by atoms with Gasteiger partial charge in [-0.2, -0.15) is 0 Å². The lowest BCUT2D eigenvalue weighted by Gasteiger charge is -2.37. The highest BCUT2D eigenvalue weighted by Crippen LogP contribution is 2.49. The van der Waals surface area contributed by atoms with E-state index in [4.69, 9.17) is 35.3 Å². The number of H-pyrrole nitrogens is 1. The van der Waals surface area contributed by atoms with E-state index < -0.39 is 41.8 Å². The molecule has 0 bridgehead atoms. The Hall–Kier alpha value is -3.57. The van der Waals surface area contributed by atoms with E-state index >= 15 is 0 Å². The summed E-state index contributed by atoms with van der Waals surface area (Å²) < 4.78 is 32.1. The summed E-state index contributed by atoms with van der Waals surface area (Å²) in [6, 6.07) is 25.2. The van der Waals surface area contributed by atoms with Crippen LogP contribution >= 0.6 is 6.49 Å². The molecule has 10 nitrogen and oxygen atoms in total. The van der Waals surface area contributed by atoms with E-state index in [0.29, 0.717) is 23.2 Å². The van der Waals surface area contributed by atoms with Crippen molar-refractivity contribution in [3.63, 3.8) is 0 Å². The SMILES string of the molecule is CCCCP(O)(=S)O[C@H]1C[C@H](n2cc(C)c(=O)[nH]c2=O)O[C@@H]1COC(c1ccccc1)(c1ccc(OC)cc1)c1ccc(OC)cc1. The molecule has 0 radical (unpaired) electrons. The Kier molecular flexibility index (Phi) is 11.2. The van der Waals surface area contributed by atoms with Gasteiger partial charge in [0.15, 0.2) is 6.49 Å². The Morgan fingerprint density at radius 1 is 0.957 bits per heavy atom. The summed E-state index contributed by atoms with van der Waals surface area (Å²) in [5, 5.41) is 0. The molecular weight excluding hydrogens is 639 g/mol. The number of hydrogen-bond donors (Lipinski definition) is 2. The van der Waals surface area contributed by atoms with Crippen LogP contribution in [0.15, 0.2) is 94.6 Å². The smallest absolute Gasteiger partial charge is 0.330 e. The van der Waals surface area contributed by atoms with Crippen molar-refractivity contribution in [2.45, 2.75) is 57.1 Å². The van der Waals surface area contributed by atoms with Crippen LogP contribution in [-0.4, -0.2) is 53.6 Å². The van der Waals surface area contributed by atoms with Gasteiger partial charge in [0.05, 0.1) is 26.9 Å². The predicted molar refractivity (Wildman–Crippen MR) is 184 cm³/mol. The number of benzene rings is 3. The fourth-order valence-corrected chi connectivity index (χ4v) is 8.02. The fourth-order valence-electron chi connectivity index (χ4n) is 5.84. The minimum Gasteiger partial charge on any atom is -0.497 e. The van der Waals surface area contributed by atoms with Gasteiger partial charge in [-0.25, -0.2) is 4.79 Å². The van der Waals surface area contributed by atoms with Crippen LogP contribution in [0.3, 0.4) is 0 Å². The summed E-state index contributed by atoms with van der Waals surface area (Å²) in [5.41, 5.74) is 0.713. The normalized spacial score (nSPS) is 19.3. The molecule has 0 spiro atoms. The zero-order chi connectivity index (χ0) is 33.6. The molecule has 4 aromatic rings. The first kappa shape index (κ1) is 34.8. The molecule has 1 unspecified atom stereocenters. The number of rotatable bonds is 14. The summed E-state index contributed by atoms with van der Waals surface area (Å²) in [4.78, 5) is 38.5. The predicted octanol–water partition coefficient (Wildman–Crippen LogP) is 5.65. The monoisotopic (exact) mass is 680 g/mol. The second-order valence-corrected chi connectivity index (χ2v) is 15.2. The number of hydrogen-bond acceptors (Lipinski definition) is 8. The van der Waals surface area contributed by atoms with Gasteiger partial charge in [0.1, 0.15) is 29.4 Å². The number of ether oxygens (including phenoxy) is 4. The van der Waals surface area contributed by atoms with Gasteiger partial charge < -0.3 is 28.4 Å². The Bertz CT molecular complexity index is 1750. The van der Waals surface area contributed by atoms with E-state index in [9.17, 15) is 14.5 Å². The lowest BCUT2D eigenvalue weighted by Crippen LogP contribution is -2.38. The maximum atomic E-state index is 12.9. The molecule has 0 amide bonds. The van der Waals surface area contributed by atoms with Crippen molar-refractivity contribution >= 4 is 18.3 Å². The van der Waals surface area contributed by atoms with Crippen molar-refractivity contribution in [3.8, 4) is 11.5 Å². The van der Waals surface area contributed by atoms with E-state index in [-0.39, 0.29) is 13.0 Å². The van der Waals surface area contributed by atoms with E-state index in [1.165, 1.54) is 10.8 Å². The summed E-state index contributed by atoms with van der Waals surface area (Å²) in [7, 11) is 3.23. The molecule has 3 aromatic carbocycles. The van der Waals surface area contributed by atoms with Crippen LogP contribution in [0.5, 0.6) is 11.5 Å². The highest BCUT2D eigenvalue weighted by Gasteiger charge is 2.44. The molecule has 2 heterocycles. The van der Waals surface area contributed by atoms with E-state index in [1.807, 2.05) is 85.8 Å². The number of nitrogens with zero attached hydrogens (tertiary/aromatic N) is 1. The number of unbranched alkanes of at least 4 members (excludes halogenated alkanes) is 1. The van der Waals surface area contributed by atoms with E-state index in [1.54, 1.807) is 21.1 Å². The molecule has 1 saturated heterocycles. The van der Waals surface area contributed by atoms with Crippen LogP contribution in [0.2, 0.25) is 0 Å². The van der Waals surface area contributed by atoms with Crippen LogP contribution in [0.4, 0.5) is 0 Å². The zero-order valence-electron chi connectivity index (χ0n) is 27.0. The van der Waals surface area contributed by atoms with Crippen LogP contribution in [0.1, 0.15) is 54.7 Å². The molecule has 1 fully saturated rings. The molecule has 0 saturated carbocycles. The van der Waals surface area contributed by atoms with Gasteiger partial charge >= 0.3 is 5.69 Å². The van der Waals surface area contributed by atoms with Crippen LogP contribution in [0, 0.1) is 6.92 Å². The van der Waals surface area contributed by atoms with Gasteiger partial charge in [0.25, 0.3) is 5.56 Å². The number of aromatic nitrogens is 2. The molecule has 5 rings (SSSR count). The Balaban J connectivity index is 1.58. The Morgan fingerprint density at radius 2 is 1.53 bits per heavy atom. The molecule has 1 aliphatic heterocycles. The first-order chi connectivity index (χ1) is 22.6. The lowest BCUT2D eigenvalue weighted by atomic mass is 9.80. The van der Waals surface area contributed by atoms with E-state index in [0.717, 1.165) is 29.5 Å². The number of nitrogens with one attached hydrogen (secondary N) is 1. The van der Waals surface area contributed by atoms with Gasteiger partial charge in [-0.15, -0.1) is 0 Å². The molecule has 1 aliphatic rings. The van der Waals surface area contributed by atoms with Crippen molar-refractivity contribution in [1.82, 2.24) is 9.55 Å². The summed E-state index contributed by atoms with van der Waals surface area (Å²) in [6.07, 6.45) is 1.42. The number of methoxy groups -OCH3 is 2.